The van der Waals surface area contributed by atoms with E-state index in [-0.39, 0.29) is 18.3 Å². The van der Waals surface area contributed by atoms with E-state index in [0.29, 0.717) is 12.3 Å². The van der Waals surface area contributed by atoms with Crippen LogP contribution in [0.25, 0.3) is 11.3 Å². The van der Waals surface area contributed by atoms with Crippen LogP contribution in [0.15, 0.2) is 54.7 Å². The zero-order valence-corrected chi connectivity index (χ0v) is 18.1. The number of aromatic nitrogens is 2. The third-order valence-corrected chi connectivity index (χ3v) is 5.42. The number of hydrogen-bond donors (Lipinski definition) is 1. The van der Waals surface area contributed by atoms with Gasteiger partial charge < -0.3 is 14.8 Å². The van der Waals surface area contributed by atoms with Crippen LogP contribution in [0.4, 0.5) is 10.1 Å². The maximum absolute atomic E-state index is 13.7. The highest BCUT2D eigenvalue weighted by Gasteiger charge is 2.15. The van der Waals surface area contributed by atoms with Crippen LogP contribution in [0.1, 0.15) is 12.8 Å². The number of hydrogen-bond acceptors (Lipinski definition) is 5. The molecule has 32 heavy (non-hydrogen) atoms. The van der Waals surface area contributed by atoms with E-state index >= 15 is 0 Å². The predicted molar refractivity (Wildman–Crippen MR) is 120 cm³/mol. The Kier molecular flexibility index (Phi) is 7.01. The fraction of sp³-hybridized carbons (Fsp3) is 0.333. The zero-order chi connectivity index (χ0) is 22.3. The molecule has 0 saturated carbocycles. The molecule has 0 spiro atoms. The summed E-state index contributed by atoms with van der Waals surface area (Å²) in [6.45, 7) is 3.43. The first-order valence-corrected chi connectivity index (χ1v) is 10.7. The van der Waals surface area contributed by atoms with E-state index in [0.717, 1.165) is 36.6 Å². The maximum atomic E-state index is 13.7. The van der Waals surface area contributed by atoms with Gasteiger partial charge in [0.25, 0.3) is 5.91 Å². The minimum atomic E-state index is -0.505. The van der Waals surface area contributed by atoms with Crippen molar-refractivity contribution in [2.75, 3.05) is 38.2 Å². The second kappa shape index (κ2) is 10.3. The van der Waals surface area contributed by atoms with Crippen molar-refractivity contribution in [3.05, 3.63) is 60.5 Å². The number of ether oxygens (including phenoxy) is 2. The number of benzene rings is 2. The van der Waals surface area contributed by atoms with Crippen LogP contribution in [0.2, 0.25) is 0 Å². The molecule has 1 saturated heterocycles. The van der Waals surface area contributed by atoms with E-state index in [4.69, 9.17) is 9.47 Å². The fourth-order valence-electron chi connectivity index (χ4n) is 3.76. The molecule has 0 atom stereocenters. The second-order valence-electron chi connectivity index (χ2n) is 7.72. The number of rotatable bonds is 9. The van der Waals surface area contributed by atoms with Gasteiger partial charge in [-0.15, -0.1) is 0 Å². The predicted octanol–water partition coefficient (Wildman–Crippen LogP) is 3.72. The minimum Gasteiger partial charge on any atom is -0.492 e. The molecule has 8 heteroatoms. The second-order valence-corrected chi connectivity index (χ2v) is 7.72. The molecular formula is C24H27FN4O3. The Morgan fingerprint density at radius 2 is 1.91 bits per heavy atom. The van der Waals surface area contributed by atoms with Crippen LogP contribution in [0.5, 0.6) is 11.5 Å². The topological polar surface area (TPSA) is 68.6 Å². The zero-order valence-electron chi connectivity index (χ0n) is 18.1. The first-order valence-electron chi connectivity index (χ1n) is 10.7. The Morgan fingerprint density at radius 1 is 1.09 bits per heavy atom. The molecule has 4 rings (SSSR count). The van der Waals surface area contributed by atoms with Crippen LogP contribution < -0.4 is 14.8 Å². The lowest BCUT2D eigenvalue weighted by molar-refractivity contribution is -0.118. The third kappa shape index (κ3) is 5.45. The average molecular weight is 439 g/mol. The molecule has 1 aliphatic heterocycles. The van der Waals surface area contributed by atoms with Crippen molar-refractivity contribution in [2.24, 2.45) is 7.05 Å². The molecule has 168 valence electrons. The van der Waals surface area contributed by atoms with Gasteiger partial charge in [0.1, 0.15) is 12.4 Å². The summed E-state index contributed by atoms with van der Waals surface area (Å²) in [5.74, 6) is -0.116. The van der Waals surface area contributed by atoms with Crippen molar-refractivity contribution in [3.63, 3.8) is 0 Å². The normalized spacial score (nSPS) is 13.8. The van der Waals surface area contributed by atoms with E-state index in [9.17, 15) is 9.18 Å². The van der Waals surface area contributed by atoms with Gasteiger partial charge in [-0.1, -0.05) is 12.1 Å². The first kappa shape index (κ1) is 21.8. The SMILES string of the molecule is Cn1nccc1-c1cc(NC(=O)COc2ccccc2F)ccc1OCCN1CCCC1. The van der Waals surface area contributed by atoms with E-state index < -0.39 is 5.82 Å². The molecule has 3 aromatic rings. The van der Waals surface area contributed by atoms with Gasteiger partial charge in [-0.05, 0) is 62.3 Å². The Bertz CT molecular complexity index is 1060. The van der Waals surface area contributed by atoms with Gasteiger partial charge in [0.15, 0.2) is 18.2 Å². The van der Waals surface area contributed by atoms with E-state index in [1.807, 2.05) is 25.2 Å². The van der Waals surface area contributed by atoms with Crippen molar-refractivity contribution < 1.29 is 18.7 Å². The lowest BCUT2D eigenvalue weighted by Gasteiger charge is -2.17. The quantitative estimate of drug-likeness (QED) is 0.552. The van der Waals surface area contributed by atoms with Crippen molar-refractivity contribution in [2.45, 2.75) is 12.8 Å². The van der Waals surface area contributed by atoms with Crippen LogP contribution >= 0.6 is 0 Å². The number of anilines is 1. The molecule has 0 unspecified atom stereocenters. The van der Waals surface area contributed by atoms with Gasteiger partial charge in [-0.25, -0.2) is 4.39 Å². The third-order valence-electron chi connectivity index (χ3n) is 5.42. The van der Waals surface area contributed by atoms with Crippen LogP contribution in [-0.4, -0.2) is 53.4 Å². The number of likely N-dealkylation sites (tertiary alicyclic amines) is 1. The standard InChI is InChI=1S/C24H27FN4O3/c1-28-21(10-11-26-28)19-16-18(8-9-22(19)31-15-14-29-12-4-5-13-29)27-24(30)17-32-23-7-3-2-6-20(23)25/h2-3,6-11,16H,4-5,12-15,17H2,1H3,(H,27,30). The molecule has 2 aromatic carbocycles. The van der Waals surface area contributed by atoms with Crippen LogP contribution in [-0.2, 0) is 11.8 Å². The van der Waals surface area contributed by atoms with Crippen LogP contribution in [0, 0.1) is 5.82 Å². The average Bonchev–Trinajstić information content (AvgIpc) is 3.46. The molecule has 7 nitrogen and oxygen atoms in total. The largest absolute Gasteiger partial charge is 0.492 e. The molecule has 0 radical (unpaired) electrons. The molecule has 1 N–H and O–H groups in total. The van der Waals surface area contributed by atoms with Crippen molar-refractivity contribution in [1.29, 1.82) is 0 Å². The minimum absolute atomic E-state index is 0.0416. The van der Waals surface area contributed by atoms with Crippen LogP contribution in [0.3, 0.4) is 0 Å². The lowest BCUT2D eigenvalue weighted by atomic mass is 10.1. The smallest absolute Gasteiger partial charge is 0.262 e. The Labute approximate surface area is 186 Å². The maximum Gasteiger partial charge on any atom is 0.262 e. The number of carbonyl (C=O) groups excluding carboxylic acids is 1. The van der Waals surface area contributed by atoms with Gasteiger partial charge in [0.2, 0.25) is 0 Å². The van der Waals surface area contributed by atoms with Crippen molar-refractivity contribution in [3.8, 4) is 22.8 Å². The van der Waals surface area contributed by atoms with E-state index in [2.05, 4.69) is 15.3 Å². The number of aryl methyl sites for hydroxylation is 1. The van der Waals surface area contributed by atoms with E-state index in [1.54, 1.807) is 29.1 Å². The summed E-state index contributed by atoms with van der Waals surface area (Å²) in [6, 6.07) is 13.4. The summed E-state index contributed by atoms with van der Waals surface area (Å²) in [4.78, 5) is 14.7. The molecule has 1 amide bonds. The number of carbonyl (C=O) groups is 1. The highest BCUT2D eigenvalue weighted by Crippen LogP contribution is 2.32. The molecular weight excluding hydrogens is 411 g/mol. The fourth-order valence-corrected chi connectivity index (χ4v) is 3.76. The number of nitrogens with zero attached hydrogens (tertiary/aromatic N) is 3. The monoisotopic (exact) mass is 438 g/mol. The molecule has 1 aliphatic rings. The number of amides is 1. The summed E-state index contributed by atoms with van der Waals surface area (Å²) >= 11 is 0. The number of nitrogens with one attached hydrogen (secondary N) is 1. The summed E-state index contributed by atoms with van der Waals surface area (Å²) in [7, 11) is 1.86. The summed E-state index contributed by atoms with van der Waals surface area (Å²) in [5, 5.41) is 7.05. The molecule has 0 bridgehead atoms. The highest BCUT2D eigenvalue weighted by atomic mass is 19.1. The molecule has 1 fully saturated rings. The van der Waals surface area contributed by atoms with Gasteiger partial charge in [0, 0.05) is 31.0 Å². The van der Waals surface area contributed by atoms with Gasteiger partial charge >= 0.3 is 0 Å². The van der Waals surface area contributed by atoms with E-state index in [1.165, 1.54) is 25.0 Å². The van der Waals surface area contributed by atoms with Crippen molar-refractivity contribution in [1.82, 2.24) is 14.7 Å². The molecule has 2 heterocycles. The van der Waals surface area contributed by atoms with Gasteiger partial charge in [-0.2, -0.15) is 5.10 Å². The number of halogens is 1. The summed E-state index contributed by atoms with van der Waals surface area (Å²) in [5.41, 5.74) is 2.30. The lowest BCUT2D eigenvalue weighted by Crippen LogP contribution is -2.25. The first-order chi connectivity index (χ1) is 15.6. The number of para-hydroxylation sites is 1. The van der Waals surface area contributed by atoms with Gasteiger partial charge in [-0.3, -0.25) is 14.4 Å². The molecule has 1 aromatic heterocycles. The highest BCUT2D eigenvalue weighted by molar-refractivity contribution is 5.93. The Balaban J connectivity index is 1.43. The summed E-state index contributed by atoms with van der Waals surface area (Å²) in [6.07, 6.45) is 4.21. The molecule has 0 aliphatic carbocycles. The Hall–Kier alpha value is -3.39. The van der Waals surface area contributed by atoms with Crippen molar-refractivity contribution >= 4 is 11.6 Å². The Morgan fingerprint density at radius 3 is 2.66 bits per heavy atom. The van der Waals surface area contributed by atoms with Gasteiger partial charge in [0.05, 0.1) is 5.69 Å². The summed E-state index contributed by atoms with van der Waals surface area (Å²) < 4.78 is 26.8.